The van der Waals surface area contributed by atoms with Crippen molar-refractivity contribution in [2.24, 2.45) is 0 Å². The van der Waals surface area contributed by atoms with Crippen molar-refractivity contribution in [2.75, 3.05) is 12.3 Å². The Morgan fingerprint density at radius 3 is 2.48 bits per heavy atom. The minimum atomic E-state index is -0.659. The number of nitrogens with one attached hydrogen (secondary N) is 1. The molecule has 0 saturated heterocycles. The first-order chi connectivity index (χ1) is 12.0. The SMILES string of the molecule is C[C@@H](Oc1ccc(F)cc1)C(=O)NCCSCc1c(Cl)cccc1Cl. The zero-order chi connectivity index (χ0) is 18.2. The Balaban J connectivity index is 1.68. The Hall–Kier alpha value is -1.43. The van der Waals surface area contributed by atoms with E-state index in [1.165, 1.54) is 24.3 Å². The number of hydrogen-bond donors (Lipinski definition) is 1. The van der Waals surface area contributed by atoms with Gasteiger partial charge in [0, 0.05) is 28.1 Å². The average molecular weight is 402 g/mol. The lowest BCUT2D eigenvalue weighted by Gasteiger charge is -2.14. The van der Waals surface area contributed by atoms with Crippen molar-refractivity contribution in [3.05, 3.63) is 63.9 Å². The van der Waals surface area contributed by atoms with E-state index in [9.17, 15) is 9.18 Å². The highest BCUT2D eigenvalue weighted by Gasteiger charge is 2.14. The molecule has 0 aliphatic rings. The Morgan fingerprint density at radius 1 is 1.20 bits per heavy atom. The van der Waals surface area contributed by atoms with Crippen LogP contribution in [0.2, 0.25) is 10.0 Å². The first kappa shape index (κ1) is 19.9. The van der Waals surface area contributed by atoms with E-state index in [4.69, 9.17) is 27.9 Å². The summed E-state index contributed by atoms with van der Waals surface area (Å²) in [4.78, 5) is 12.0. The molecule has 0 heterocycles. The average Bonchev–Trinajstić information content (AvgIpc) is 2.58. The molecule has 2 rings (SSSR count). The normalized spacial score (nSPS) is 11.8. The van der Waals surface area contributed by atoms with Crippen molar-refractivity contribution in [1.82, 2.24) is 5.32 Å². The third-order valence-corrected chi connectivity index (χ3v) is 5.04. The molecule has 0 aliphatic carbocycles. The van der Waals surface area contributed by atoms with Gasteiger partial charge in [-0.2, -0.15) is 11.8 Å². The van der Waals surface area contributed by atoms with Gasteiger partial charge in [-0.3, -0.25) is 4.79 Å². The molecule has 0 bridgehead atoms. The largest absolute Gasteiger partial charge is 0.481 e. The van der Waals surface area contributed by atoms with E-state index < -0.39 is 6.10 Å². The van der Waals surface area contributed by atoms with Crippen LogP contribution in [0.15, 0.2) is 42.5 Å². The highest BCUT2D eigenvalue weighted by molar-refractivity contribution is 7.98. The standard InChI is InChI=1S/C18H18Cl2FNO2S/c1-12(24-14-7-5-13(21)6-8-14)18(23)22-9-10-25-11-15-16(19)3-2-4-17(15)20/h2-8,12H,9-11H2,1H3,(H,22,23)/t12-/m1/s1. The molecule has 0 radical (unpaired) electrons. The molecule has 1 N–H and O–H groups in total. The lowest BCUT2D eigenvalue weighted by Crippen LogP contribution is -2.37. The van der Waals surface area contributed by atoms with Crippen LogP contribution in [0.4, 0.5) is 4.39 Å². The first-order valence-corrected chi connectivity index (χ1v) is 9.59. The summed E-state index contributed by atoms with van der Waals surface area (Å²) in [6.07, 6.45) is -0.659. The zero-order valence-corrected chi connectivity index (χ0v) is 15.9. The number of carbonyl (C=O) groups excluding carboxylic acids is 1. The van der Waals surface area contributed by atoms with Gasteiger partial charge in [-0.25, -0.2) is 4.39 Å². The van der Waals surface area contributed by atoms with E-state index in [0.29, 0.717) is 28.1 Å². The molecule has 25 heavy (non-hydrogen) atoms. The van der Waals surface area contributed by atoms with Crippen molar-refractivity contribution >= 4 is 40.9 Å². The maximum Gasteiger partial charge on any atom is 0.260 e. The van der Waals surface area contributed by atoms with Gasteiger partial charge in [-0.1, -0.05) is 29.3 Å². The number of halogens is 3. The Kier molecular flexibility index (Phi) is 7.88. The van der Waals surface area contributed by atoms with Crippen LogP contribution < -0.4 is 10.1 Å². The quantitative estimate of drug-likeness (QED) is 0.635. The number of ether oxygens (including phenoxy) is 1. The summed E-state index contributed by atoms with van der Waals surface area (Å²) in [6, 6.07) is 11.0. The van der Waals surface area contributed by atoms with Crippen LogP contribution in [-0.4, -0.2) is 24.3 Å². The topological polar surface area (TPSA) is 38.3 Å². The van der Waals surface area contributed by atoms with Gasteiger partial charge in [0.15, 0.2) is 6.10 Å². The molecule has 3 nitrogen and oxygen atoms in total. The van der Waals surface area contributed by atoms with E-state index in [1.54, 1.807) is 30.8 Å². The molecule has 7 heteroatoms. The molecule has 0 aromatic heterocycles. The number of carbonyl (C=O) groups is 1. The maximum absolute atomic E-state index is 12.8. The molecule has 0 spiro atoms. The Labute approximate surface area is 160 Å². The number of benzene rings is 2. The molecule has 134 valence electrons. The molecule has 2 aromatic carbocycles. The van der Waals surface area contributed by atoms with Crippen molar-refractivity contribution in [2.45, 2.75) is 18.8 Å². The minimum Gasteiger partial charge on any atom is -0.481 e. The van der Waals surface area contributed by atoms with Gasteiger partial charge >= 0.3 is 0 Å². The summed E-state index contributed by atoms with van der Waals surface area (Å²) in [5.74, 6) is 1.28. The van der Waals surface area contributed by atoms with Crippen LogP contribution in [0.25, 0.3) is 0 Å². The summed E-state index contributed by atoms with van der Waals surface area (Å²) >= 11 is 13.9. The summed E-state index contributed by atoms with van der Waals surface area (Å²) in [5, 5.41) is 4.09. The fourth-order valence-corrected chi connectivity index (χ4v) is 3.60. The smallest absolute Gasteiger partial charge is 0.260 e. The van der Waals surface area contributed by atoms with E-state index in [0.717, 1.165) is 11.3 Å². The molecule has 0 fully saturated rings. The van der Waals surface area contributed by atoms with Gasteiger partial charge in [0.25, 0.3) is 5.91 Å². The molecule has 0 saturated carbocycles. The number of hydrogen-bond acceptors (Lipinski definition) is 3. The number of thioether (sulfide) groups is 1. The Bertz CT molecular complexity index is 692. The predicted octanol–water partition coefficient (Wildman–Crippen LogP) is 4.95. The van der Waals surface area contributed by atoms with Gasteiger partial charge in [0.2, 0.25) is 0 Å². The molecule has 1 amide bonds. The molecule has 0 unspecified atom stereocenters. The molecule has 2 aromatic rings. The highest BCUT2D eigenvalue weighted by Crippen LogP contribution is 2.27. The van der Waals surface area contributed by atoms with E-state index >= 15 is 0 Å². The van der Waals surface area contributed by atoms with Gasteiger partial charge in [-0.05, 0) is 48.9 Å². The van der Waals surface area contributed by atoms with Crippen molar-refractivity contribution in [3.8, 4) is 5.75 Å². The molecule has 0 aliphatic heterocycles. The van der Waals surface area contributed by atoms with Crippen molar-refractivity contribution < 1.29 is 13.9 Å². The first-order valence-electron chi connectivity index (χ1n) is 7.68. The zero-order valence-electron chi connectivity index (χ0n) is 13.6. The fourth-order valence-electron chi connectivity index (χ4n) is 2.01. The van der Waals surface area contributed by atoms with Gasteiger partial charge in [0.05, 0.1) is 0 Å². The lowest BCUT2D eigenvalue weighted by atomic mass is 10.2. The summed E-state index contributed by atoms with van der Waals surface area (Å²) in [5.41, 5.74) is 0.898. The molecule has 1 atom stereocenters. The molecular formula is C18H18Cl2FNO2S. The highest BCUT2D eigenvalue weighted by atomic mass is 35.5. The van der Waals surface area contributed by atoms with Crippen LogP contribution in [0.3, 0.4) is 0 Å². The second-order valence-corrected chi connectivity index (χ2v) is 7.18. The summed E-state index contributed by atoms with van der Waals surface area (Å²) < 4.78 is 18.3. The third kappa shape index (κ3) is 6.42. The Morgan fingerprint density at radius 2 is 1.84 bits per heavy atom. The predicted molar refractivity (Wildman–Crippen MR) is 102 cm³/mol. The van der Waals surface area contributed by atoms with E-state index in [-0.39, 0.29) is 11.7 Å². The third-order valence-electron chi connectivity index (χ3n) is 3.35. The monoisotopic (exact) mass is 401 g/mol. The van der Waals surface area contributed by atoms with Crippen molar-refractivity contribution in [1.29, 1.82) is 0 Å². The second-order valence-electron chi connectivity index (χ2n) is 5.26. The van der Waals surface area contributed by atoms with Crippen LogP contribution >= 0.6 is 35.0 Å². The van der Waals surface area contributed by atoms with Gasteiger partial charge in [-0.15, -0.1) is 0 Å². The summed E-state index contributed by atoms with van der Waals surface area (Å²) in [7, 11) is 0. The van der Waals surface area contributed by atoms with Gasteiger partial charge in [0.1, 0.15) is 11.6 Å². The maximum atomic E-state index is 12.8. The summed E-state index contributed by atoms with van der Waals surface area (Å²) in [6.45, 7) is 2.15. The van der Waals surface area contributed by atoms with E-state index in [1.807, 2.05) is 6.07 Å². The van der Waals surface area contributed by atoms with Crippen LogP contribution in [0.5, 0.6) is 5.75 Å². The van der Waals surface area contributed by atoms with Crippen LogP contribution in [-0.2, 0) is 10.5 Å². The molecular weight excluding hydrogens is 384 g/mol. The van der Waals surface area contributed by atoms with Crippen molar-refractivity contribution in [3.63, 3.8) is 0 Å². The van der Waals surface area contributed by atoms with Gasteiger partial charge < -0.3 is 10.1 Å². The van der Waals surface area contributed by atoms with Crippen LogP contribution in [0.1, 0.15) is 12.5 Å². The number of rotatable bonds is 8. The second kappa shape index (κ2) is 9.90. The lowest BCUT2D eigenvalue weighted by molar-refractivity contribution is -0.127. The fraction of sp³-hybridized carbons (Fsp3) is 0.278. The number of amides is 1. The minimum absolute atomic E-state index is 0.222. The van der Waals surface area contributed by atoms with E-state index in [2.05, 4.69) is 5.32 Å². The van der Waals surface area contributed by atoms with Crippen LogP contribution in [0, 0.1) is 5.82 Å².